The second-order valence-corrected chi connectivity index (χ2v) is 6.73. The standard InChI is InChI=1S/C10H15ClN4O2S/c1-14(2)8-3-4-15(7-8)18(16,17)9-5-12-10(11)13-6-9/h5-6,8H,3-4,7H2,1-2H3. The molecule has 0 saturated carbocycles. The lowest BCUT2D eigenvalue weighted by molar-refractivity contribution is 0.302. The zero-order valence-corrected chi connectivity index (χ0v) is 11.8. The van der Waals surface area contributed by atoms with Gasteiger partial charge in [-0.2, -0.15) is 4.31 Å². The lowest BCUT2D eigenvalue weighted by Gasteiger charge is -2.20. The van der Waals surface area contributed by atoms with E-state index in [1.54, 1.807) is 0 Å². The van der Waals surface area contributed by atoms with Crippen molar-refractivity contribution in [2.45, 2.75) is 17.4 Å². The molecule has 1 unspecified atom stereocenters. The Labute approximate surface area is 112 Å². The first-order valence-electron chi connectivity index (χ1n) is 5.55. The number of hydrogen-bond acceptors (Lipinski definition) is 5. The predicted molar refractivity (Wildman–Crippen MR) is 67.9 cm³/mol. The van der Waals surface area contributed by atoms with Crippen LogP contribution in [0.25, 0.3) is 0 Å². The van der Waals surface area contributed by atoms with Crippen molar-refractivity contribution in [1.29, 1.82) is 0 Å². The molecule has 1 aliphatic heterocycles. The van der Waals surface area contributed by atoms with Crippen LogP contribution in [0.4, 0.5) is 0 Å². The minimum absolute atomic E-state index is 0.0431. The van der Waals surface area contributed by atoms with Crippen LogP contribution in [0.5, 0.6) is 0 Å². The number of sulfonamides is 1. The van der Waals surface area contributed by atoms with Gasteiger partial charge in [0.25, 0.3) is 0 Å². The van der Waals surface area contributed by atoms with Crippen LogP contribution in [-0.4, -0.2) is 60.8 Å². The van der Waals surface area contributed by atoms with Crippen LogP contribution in [-0.2, 0) is 10.0 Å². The molecule has 8 heteroatoms. The third-order valence-corrected chi connectivity index (χ3v) is 5.10. The summed E-state index contributed by atoms with van der Waals surface area (Å²) in [4.78, 5) is 9.54. The van der Waals surface area contributed by atoms with E-state index in [0.717, 1.165) is 6.42 Å². The lowest BCUT2D eigenvalue weighted by atomic mass is 10.2. The maximum Gasteiger partial charge on any atom is 0.246 e. The van der Waals surface area contributed by atoms with E-state index in [1.165, 1.54) is 16.7 Å². The largest absolute Gasteiger partial charge is 0.305 e. The van der Waals surface area contributed by atoms with Crippen molar-refractivity contribution in [3.63, 3.8) is 0 Å². The summed E-state index contributed by atoms with van der Waals surface area (Å²) >= 11 is 5.55. The summed E-state index contributed by atoms with van der Waals surface area (Å²) in [5.41, 5.74) is 0. The molecule has 0 aliphatic carbocycles. The third-order valence-electron chi connectivity index (χ3n) is 3.09. The molecule has 6 nitrogen and oxygen atoms in total. The summed E-state index contributed by atoms with van der Waals surface area (Å²) in [6, 6.07) is 0.257. The molecule has 2 heterocycles. The molecule has 1 saturated heterocycles. The highest BCUT2D eigenvalue weighted by molar-refractivity contribution is 7.89. The maximum absolute atomic E-state index is 12.3. The number of rotatable bonds is 3. The van der Waals surface area contributed by atoms with Crippen molar-refractivity contribution in [1.82, 2.24) is 19.2 Å². The van der Waals surface area contributed by atoms with Gasteiger partial charge in [-0.3, -0.25) is 0 Å². The molecule has 1 aliphatic rings. The molecule has 0 radical (unpaired) electrons. The van der Waals surface area contributed by atoms with Gasteiger partial charge in [-0.25, -0.2) is 18.4 Å². The number of likely N-dealkylation sites (N-methyl/N-ethyl adjacent to an activating group) is 1. The summed E-state index contributed by atoms with van der Waals surface area (Å²) < 4.78 is 26.1. The summed E-state index contributed by atoms with van der Waals surface area (Å²) in [5, 5.41) is 0.0431. The van der Waals surface area contributed by atoms with Crippen molar-refractivity contribution in [2.24, 2.45) is 0 Å². The number of aromatic nitrogens is 2. The summed E-state index contributed by atoms with van der Waals surface area (Å²) in [7, 11) is 0.402. The molecule has 0 N–H and O–H groups in total. The summed E-state index contributed by atoms with van der Waals surface area (Å²) in [5.74, 6) is 0. The van der Waals surface area contributed by atoms with Crippen LogP contribution >= 0.6 is 11.6 Å². The van der Waals surface area contributed by atoms with E-state index in [-0.39, 0.29) is 16.2 Å². The van der Waals surface area contributed by atoms with Crippen LogP contribution < -0.4 is 0 Å². The minimum atomic E-state index is -3.50. The Bertz CT molecular complexity index is 517. The first-order valence-corrected chi connectivity index (χ1v) is 7.37. The molecule has 0 amide bonds. The van der Waals surface area contributed by atoms with Gasteiger partial charge < -0.3 is 4.90 Å². The Morgan fingerprint density at radius 3 is 2.50 bits per heavy atom. The Balaban J connectivity index is 2.20. The van der Waals surface area contributed by atoms with Gasteiger partial charge in [0.1, 0.15) is 4.90 Å². The molecule has 1 aromatic rings. The first-order chi connectivity index (χ1) is 8.41. The Morgan fingerprint density at radius 2 is 2.00 bits per heavy atom. The minimum Gasteiger partial charge on any atom is -0.305 e. The van der Waals surface area contributed by atoms with Gasteiger partial charge in [0, 0.05) is 19.1 Å². The third kappa shape index (κ3) is 2.64. The molecule has 0 bridgehead atoms. The molecule has 2 rings (SSSR count). The number of hydrogen-bond donors (Lipinski definition) is 0. The fourth-order valence-electron chi connectivity index (χ4n) is 1.93. The highest BCUT2D eigenvalue weighted by atomic mass is 35.5. The monoisotopic (exact) mass is 290 g/mol. The first kappa shape index (κ1) is 13.7. The molecular weight excluding hydrogens is 276 g/mol. The second kappa shape index (κ2) is 5.08. The summed E-state index contributed by atoms with van der Waals surface area (Å²) in [6.45, 7) is 1.02. The lowest BCUT2D eigenvalue weighted by Crippen LogP contribution is -2.34. The zero-order chi connectivity index (χ0) is 13.3. The van der Waals surface area contributed by atoms with Gasteiger partial charge in [-0.05, 0) is 32.1 Å². The fraction of sp³-hybridized carbons (Fsp3) is 0.600. The molecule has 0 spiro atoms. The molecule has 1 fully saturated rings. The molecule has 1 aromatic heterocycles. The van der Waals surface area contributed by atoms with Gasteiger partial charge in [0.15, 0.2) is 0 Å². The smallest absolute Gasteiger partial charge is 0.246 e. The molecule has 18 heavy (non-hydrogen) atoms. The van der Waals surface area contributed by atoms with E-state index in [2.05, 4.69) is 9.97 Å². The van der Waals surface area contributed by atoms with E-state index < -0.39 is 10.0 Å². The van der Waals surface area contributed by atoms with Crippen LogP contribution in [0.3, 0.4) is 0 Å². The second-order valence-electron chi connectivity index (χ2n) is 4.46. The van der Waals surface area contributed by atoms with E-state index >= 15 is 0 Å². The van der Waals surface area contributed by atoms with Gasteiger partial charge in [-0.1, -0.05) is 0 Å². The average molecular weight is 291 g/mol. The van der Waals surface area contributed by atoms with Crippen LogP contribution in [0.1, 0.15) is 6.42 Å². The Morgan fingerprint density at radius 1 is 1.39 bits per heavy atom. The van der Waals surface area contributed by atoms with Crippen LogP contribution in [0, 0.1) is 0 Å². The SMILES string of the molecule is CN(C)C1CCN(S(=O)(=O)c2cnc(Cl)nc2)C1. The highest BCUT2D eigenvalue weighted by Crippen LogP contribution is 2.22. The zero-order valence-electron chi connectivity index (χ0n) is 10.2. The van der Waals surface area contributed by atoms with Crippen molar-refractivity contribution >= 4 is 21.6 Å². The average Bonchev–Trinajstić information content (AvgIpc) is 2.79. The van der Waals surface area contributed by atoms with Crippen molar-refractivity contribution < 1.29 is 8.42 Å². The van der Waals surface area contributed by atoms with E-state index in [0.29, 0.717) is 13.1 Å². The van der Waals surface area contributed by atoms with E-state index in [1.807, 2.05) is 19.0 Å². The molecular formula is C10H15ClN4O2S. The van der Waals surface area contributed by atoms with Crippen molar-refractivity contribution in [2.75, 3.05) is 27.2 Å². The van der Waals surface area contributed by atoms with Crippen LogP contribution in [0.15, 0.2) is 17.3 Å². The van der Waals surface area contributed by atoms with Crippen molar-refractivity contribution in [3.05, 3.63) is 17.7 Å². The van der Waals surface area contributed by atoms with Gasteiger partial charge >= 0.3 is 0 Å². The molecule has 100 valence electrons. The fourth-order valence-corrected chi connectivity index (χ4v) is 3.41. The topological polar surface area (TPSA) is 66.4 Å². The van der Waals surface area contributed by atoms with Gasteiger partial charge in [-0.15, -0.1) is 0 Å². The summed E-state index contributed by atoms with van der Waals surface area (Å²) in [6.07, 6.45) is 3.32. The molecule has 1 atom stereocenters. The van der Waals surface area contributed by atoms with Crippen LogP contribution in [0.2, 0.25) is 5.28 Å². The van der Waals surface area contributed by atoms with Gasteiger partial charge in [0.05, 0.1) is 12.4 Å². The Kier molecular flexibility index (Phi) is 3.86. The maximum atomic E-state index is 12.3. The quantitative estimate of drug-likeness (QED) is 0.757. The van der Waals surface area contributed by atoms with Crippen molar-refractivity contribution in [3.8, 4) is 0 Å². The molecule has 0 aromatic carbocycles. The highest BCUT2D eigenvalue weighted by Gasteiger charge is 2.33. The normalized spacial score (nSPS) is 21.7. The van der Waals surface area contributed by atoms with Gasteiger partial charge in [0.2, 0.25) is 15.3 Å². The van der Waals surface area contributed by atoms with E-state index in [9.17, 15) is 8.42 Å². The number of nitrogens with zero attached hydrogens (tertiary/aromatic N) is 4. The predicted octanol–water partition coefficient (Wildman–Crippen LogP) is 0.455. The Hall–Kier alpha value is -0.760. The van der Waals surface area contributed by atoms with E-state index in [4.69, 9.17) is 11.6 Å². The number of halogens is 1.